The molecule has 0 aromatic heterocycles. The molecule has 0 spiro atoms. The van der Waals surface area contributed by atoms with Crippen molar-refractivity contribution < 1.29 is 0 Å². The highest BCUT2D eigenvalue weighted by molar-refractivity contribution is 6.35. The van der Waals surface area contributed by atoms with Gasteiger partial charge in [-0.15, -0.1) is 0 Å². The van der Waals surface area contributed by atoms with E-state index in [1.807, 2.05) is 0 Å². The van der Waals surface area contributed by atoms with Gasteiger partial charge >= 0.3 is 0 Å². The standard InChI is InChI=1S/C8H20Si/c1-3-5-6-7-8-9-4-2/h3-9H2,1-2H3. The zero-order valence-corrected chi connectivity index (χ0v) is 8.36. The van der Waals surface area contributed by atoms with Gasteiger partial charge in [-0.1, -0.05) is 51.6 Å². The van der Waals surface area contributed by atoms with Gasteiger partial charge in [-0.25, -0.2) is 0 Å². The van der Waals surface area contributed by atoms with Gasteiger partial charge in [0.1, 0.15) is 0 Å². The van der Waals surface area contributed by atoms with Crippen molar-refractivity contribution in [1.82, 2.24) is 0 Å². The van der Waals surface area contributed by atoms with E-state index in [9.17, 15) is 0 Å². The van der Waals surface area contributed by atoms with E-state index in [1.54, 1.807) is 6.04 Å². The van der Waals surface area contributed by atoms with E-state index in [0.29, 0.717) is 9.52 Å². The third kappa shape index (κ3) is 8.22. The van der Waals surface area contributed by atoms with Gasteiger partial charge in [0.25, 0.3) is 0 Å². The fraction of sp³-hybridized carbons (Fsp3) is 1.00. The van der Waals surface area contributed by atoms with Crippen molar-refractivity contribution in [3.05, 3.63) is 0 Å². The summed E-state index contributed by atoms with van der Waals surface area (Å²) in [5.74, 6) is 0. The summed E-state index contributed by atoms with van der Waals surface area (Å²) in [7, 11) is 0.394. The highest BCUT2D eigenvalue weighted by Gasteiger charge is 1.86. The van der Waals surface area contributed by atoms with Crippen molar-refractivity contribution in [1.29, 1.82) is 0 Å². The summed E-state index contributed by atoms with van der Waals surface area (Å²) >= 11 is 0. The van der Waals surface area contributed by atoms with Crippen LogP contribution in [0.15, 0.2) is 0 Å². The number of rotatable bonds is 6. The Balaban J connectivity index is 2.60. The van der Waals surface area contributed by atoms with Crippen LogP contribution >= 0.6 is 0 Å². The number of hydrogen-bond donors (Lipinski definition) is 0. The van der Waals surface area contributed by atoms with Crippen LogP contribution in [0.3, 0.4) is 0 Å². The lowest BCUT2D eigenvalue weighted by atomic mass is 10.2. The molecule has 0 aliphatic heterocycles. The third-order valence-electron chi connectivity index (χ3n) is 1.71. The summed E-state index contributed by atoms with van der Waals surface area (Å²) in [6.45, 7) is 4.60. The van der Waals surface area contributed by atoms with Crippen LogP contribution < -0.4 is 0 Å². The fourth-order valence-corrected chi connectivity index (χ4v) is 2.24. The zero-order chi connectivity index (χ0) is 6.95. The average Bonchev–Trinajstić information content (AvgIpc) is 1.89. The summed E-state index contributed by atoms with van der Waals surface area (Å²) in [4.78, 5) is 0. The molecular formula is C8H20Si. The molecule has 1 heteroatoms. The van der Waals surface area contributed by atoms with Crippen LogP contribution in [0.25, 0.3) is 0 Å². The van der Waals surface area contributed by atoms with Gasteiger partial charge in [-0.3, -0.25) is 0 Å². The molecular weight excluding hydrogens is 124 g/mol. The summed E-state index contributed by atoms with van der Waals surface area (Å²) in [6, 6.07) is 3.10. The Labute approximate surface area is 61.9 Å². The minimum absolute atomic E-state index is 0.394. The highest BCUT2D eigenvalue weighted by atomic mass is 28.2. The Kier molecular flexibility index (Phi) is 8.41. The lowest BCUT2D eigenvalue weighted by Crippen LogP contribution is -1.85. The Hall–Kier alpha value is 0.217. The van der Waals surface area contributed by atoms with Crippen LogP contribution in [-0.2, 0) is 0 Å². The van der Waals surface area contributed by atoms with E-state index >= 15 is 0 Å². The van der Waals surface area contributed by atoms with Crippen molar-refractivity contribution in [2.75, 3.05) is 0 Å². The van der Waals surface area contributed by atoms with Crippen LogP contribution in [0, 0.1) is 0 Å². The van der Waals surface area contributed by atoms with E-state index in [0.717, 1.165) is 0 Å². The maximum absolute atomic E-state index is 2.33. The quantitative estimate of drug-likeness (QED) is 0.397. The molecule has 0 rings (SSSR count). The number of hydrogen-bond acceptors (Lipinski definition) is 0. The second-order valence-electron chi connectivity index (χ2n) is 2.77. The molecule has 0 aromatic rings. The lowest BCUT2D eigenvalue weighted by molar-refractivity contribution is 0.700. The normalized spacial score (nSPS) is 11.3. The predicted octanol–water partition coefficient (Wildman–Crippen LogP) is 2.59. The molecule has 0 N–H and O–H groups in total. The molecule has 0 nitrogen and oxygen atoms in total. The van der Waals surface area contributed by atoms with Crippen molar-refractivity contribution in [3.8, 4) is 0 Å². The number of unbranched alkanes of at least 4 members (excludes halogenated alkanes) is 3. The van der Waals surface area contributed by atoms with Gasteiger partial charge in [-0.2, -0.15) is 0 Å². The largest absolute Gasteiger partial charge is 0.0683 e. The van der Waals surface area contributed by atoms with E-state index in [-0.39, 0.29) is 0 Å². The molecule has 0 amide bonds. The second kappa shape index (κ2) is 8.22. The first kappa shape index (κ1) is 9.22. The zero-order valence-electron chi connectivity index (χ0n) is 6.95. The van der Waals surface area contributed by atoms with Gasteiger partial charge in [0.05, 0.1) is 0 Å². The van der Waals surface area contributed by atoms with E-state index in [4.69, 9.17) is 0 Å². The molecule has 56 valence electrons. The lowest BCUT2D eigenvalue weighted by Gasteiger charge is -1.95. The van der Waals surface area contributed by atoms with E-state index < -0.39 is 0 Å². The molecule has 9 heavy (non-hydrogen) atoms. The summed E-state index contributed by atoms with van der Waals surface area (Å²) in [5, 5.41) is 0. The van der Waals surface area contributed by atoms with Crippen molar-refractivity contribution >= 4 is 9.52 Å². The molecule has 0 aliphatic rings. The molecule has 0 bridgehead atoms. The Morgan fingerprint density at radius 2 is 1.78 bits per heavy atom. The van der Waals surface area contributed by atoms with Crippen LogP contribution in [0.5, 0.6) is 0 Å². The fourth-order valence-electron chi connectivity index (χ4n) is 1.03. The summed E-state index contributed by atoms with van der Waals surface area (Å²) in [5.41, 5.74) is 0. The van der Waals surface area contributed by atoms with Crippen LogP contribution in [0.1, 0.15) is 39.5 Å². The topological polar surface area (TPSA) is 0 Å². The van der Waals surface area contributed by atoms with Crippen molar-refractivity contribution in [2.24, 2.45) is 0 Å². The van der Waals surface area contributed by atoms with Gasteiger partial charge in [0.2, 0.25) is 0 Å². The Bertz CT molecular complexity index is 37.8. The molecule has 0 aliphatic carbocycles. The first-order valence-corrected chi connectivity index (χ1v) is 6.41. The van der Waals surface area contributed by atoms with Crippen LogP contribution in [0.4, 0.5) is 0 Å². The van der Waals surface area contributed by atoms with Gasteiger partial charge in [-0.05, 0) is 0 Å². The van der Waals surface area contributed by atoms with Gasteiger partial charge < -0.3 is 0 Å². The maximum atomic E-state index is 2.33. The highest BCUT2D eigenvalue weighted by Crippen LogP contribution is 2.02. The average molecular weight is 144 g/mol. The maximum Gasteiger partial charge on any atom is 0.0195 e. The SMILES string of the molecule is CCCCCC[SiH2]CC. The molecule has 0 saturated heterocycles. The Morgan fingerprint density at radius 1 is 1.00 bits per heavy atom. The van der Waals surface area contributed by atoms with E-state index in [2.05, 4.69) is 13.8 Å². The molecule has 0 aromatic carbocycles. The first-order valence-electron chi connectivity index (χ1n) is 4.41. The summed E-state index contributed by atoms with van der Waals surface area (Å²) in [6.07, 6.45) is 5.85. The van der Waals surface area contributed by atoms with Crippen LogP contribution in [-0.4, -0.2) is 9.52 Å². The van der Waals surface area contributed by atoms with Crippen LogP contribution in [0.2, 0.25) is 12.1 Å². The molecule has 0 unspecified atom stereocenters. The molecule has 0 atom stereocenters. The Morgan fingerprint density at radius 3 is 2.33 bits per heavy atom. The van der Waals surface area contributed by atoms with E-state index in [1.165, 1.54) is 31.7 Å². The third-order valence-corrected chi connectivity index (χ3v) is 3.41. The molecule has 0 saturated carbocycles. The smallest absolute Gasteiger partial charge is 0.0195 e. The predicted molar refractivity (Wildman–Crippen MR) is 48.0 cm³/mol. The van der Waals surface area contributed by atoms with Gasteiger partial charge in [0, 0.05) is 9.52 Å². The van der Waals surface area contributed by atoms with Crippen molar-refractivity contribution in [2.45, 2.75) is 51.6 Å². The summed E-state index contributed by atoms with van der Waals surface area (Å²) < 4.78 is 0. The van der Waals surface area contributed by atoms with Gasteiger partial charge in [0.15, 0.2) is 0 Å². The molecule has 0 fully saturated rings. The minimum atomic E-state index is 0.394. The van der Waals surface area contributed by atoms with Crippen molar-refractivity contribution in [3.63, 3.8) is 0 Å². The molecule has 0 heterocycles. The molecule has 0 radical (unpaired) electrons. The monoisotopic (exact) mass is 144 g/mol. The minimum Gasteiger partial charge on any atom is -0.0683 e. The second-order valence-corrected chi connectivity index (χ2v) is 5.18. The first-order chi connectivity index (χ1) is 4.41.